The maximum atomic E-state index is 11.9. The van der Waals surface area contributed by atoms with Gasteiger partial charge in [0.25, 0.3) is 0 Å². The van der Waals surface area contributed by atoms with E-state index in [4.69, 9.17) is 16.3 Å². The van der Waals surface area contributed by atoms with E-state index in [1.54, 1.807) is 12.3 Å². The van der Waals surface area contributed by atoms with Crippen molar-refractivity contribution in [3.63, 3.8) is 0 Å². The molecule has 138 valence electrons. The van der Waals surface area contributed by atoms with Crippen LogP contribution in [-0.2, 0) is 4.79 Å². The van der Waals surface area contributed by atoms with Crippen molar-refractivity contribution >= 4 is 34.5 Å². The smallest absolute Gasteiger partial charge is 0.240 e. The molecular formula is C22H21ClN2O2. The fourth-order valence-electron chi connectivity index (χ4n) is 2.78. The molecule has 3 aromatic carbocycles. The maximum Gasteiger partial charge on any atom is 0.240 e. The zero-order valence-corrected chi connectivity index (χ0v) is 15.9. The molecule has 4 nitrogen and oxygen atoms in total. The first-order valence-corrected chi connectivity index (χ1v) is 9.20. The number of hydrazone groups is 1. The van der Waals surface area contributed by atoms with Gasteiger partial charge >= 0.3 is 0 Å². The van der Waals surface area contributed by atoms with Gasteiger partial charge in [0.05, 0.1) is 12.8 Å². The molecule has 0 saturated carbocycles. The molecule has 0 aliphatic carbocycles. The third-order valence-corrected chi connectivity index (χ3v) is 4.39. The number of halogens is 1. The average molecular weight is 381 g/mol. The van der Waals surface area contributed by atoms with E-state index < -0.39 is 0 Å². The summed E-state index contributed by atoms with van der Waals surface area (Å²) in [7, 11) is 0. The minimum absolute atomic E-state index is 0.136. The molecule has 3 rings (SSSR count). The van der Waals surface area contributed by atoms with Gasteiger partial charge in [-0.25, -0.2) is 5.43 Å². The summed E-state index contributed by atoms with van der Waals surface area (Å²) in [4.78, 5) is 11.9. The van der Waals surface area contributed by atoms with Crippen molar-refractivity contribution in [2.45, 2.75) is 19.8 Å². The van der Waals surface area contributed by atoms with Crippen LogP contribution in [0.3, 0.4) is 0 Å². The van der Waals surface area contributed by atoms with E-state index in [1.165, 1.54) is 0 Å². The highest BCUT2D eigenvalue weighted by Gasteiger charge is 2.03. The molecule has 1 N–H and O–H groups in total. The Kier molecular flexibility index (Phi) is 6.44. The third kappa shape index (κ3) is 5.31. The van der Waals surface area contributed by atoms with Gasteiger partial charge < -0.3 is 4.74 Å². The second kappa shape index (κ2) is 9.19. The highest BCUT2D eigenvalue weighted by Crippen LogP contribution is 2.22. The molecule has 0 heterocycles. The van der Waals surface area contributed by atoms with Gasteiger partial charge in [-0.1, -0.05) is 54.1 Å². The Morgan fingerprint density at radius 3 is 2.81 bits per heavy atom. The van der Waals surface area contributed by atoms with Crippen LogP contribution in [0.4, 0.5) is 0 Å². The molecule has 0 bridgehead atoms. The van der Waals surface area contributed by atoms with Gasteiger partial charge in [-0.2, -0.15) is 5.10 Å². The molecular weight excluding hydrogens is 360 g/mol. The van der Waals surface area contributed by atoms with Crippen LogP contribution in [0.25, 0.3) is 10.8 Å². The quantitative estimate of drug-likeness (QED) is 0.351. The van der Waals surface area contributed by atoms with Crippen LogP contribution in [0.15, 0.2) is 65.8 Å². The molecule has 0 aliphatic rings. The minimum Gasteiger partial charge on any atom is -0.493 e. The van der Waals surface area contributed by atoms with Crippen molar-refractivity contribution in [1.29, 1.82) is 0 Å². The van der Waals surface area contributed by atoms with E-state index in [9.17, 15) is 4.79 Å². The molecule has 0 spiro atoms. The number of aryl methyl sites for hydroxylation is 1. The van der Waals surface area contributed by atoms with E-state index in [0.717, 1.165) is 27.6 Å². The van der Waals surface area contributed by atoms with Crippen LogP contribution in [0.2, 0.25) is 5.02 Å². The van der Waals surface area contributed by atoms with Crippen molar-refractivity contribution in [2.75, 3.05) is 6.61 Å². The highest BCUT2D eigenvalue weighted by molar-refractivity contribution is 6.30. The first-order valence-electron chi connectivity index (χ1n) is 8.82. The summed E-state index contributed by atoms with van der Waals surface area (Å²) in [5.74, 6) is 0.650. The topological polar surface area (TPSA) is 50.7 Å². The van der Waals surface area contributed by atoms with Crippen LogP contribution in [0, 0.1) is 6.92 Å². The Morgan fingerprint density at radius 2 is 1.96 bits per heavy atom. The van der Waals surface area contributed by atoms with Gasteiger partial charge in [0.1, 0.15) is 5.75 Å². The second-order valence-electron chi connectivity index (χ2n) is 6.22. The molecule has 0 aliphatic heterocycles. The summed E-state index contributed by atoms with van der Waals surface area (Å²) >= 11 is 5.92. The summed E-state index contributed by atoms with van der Waals surface area (Å²) in [6.45, 7) is 2.40. The molecule has 0 radical (unpaired) electrons. The number of rotatable bonds is 7. The summed E-state index contributed by atoms with van der Waals surface area (Å²) in [6.07, 6.45) is 2.63. The van der Waals surface area contributed by atoms with Gasteiger partial charge in [0.15, 0.2) is 0 Å². The lowest BCUT2D eigenvalue weighted by molar-refractivity contribution is -0.121. The monoisotopic (exact) mass is 380 g/mol. The van der Waals surface area contributed by atoms with Crippen molar-refractivity contribution < 1.29 is 9.53 Å². The van der Waals surface area contributed by atoms with Crippen LogP contribution in [0.1, 0.15) is 24.0 Å². The van der Waals surface area contributed by atoms with Crippen LogP contribution in [0.5, 0.6) is 5.75 Å². The summed E-state index contributed by atoms with van der Waals surface area (Å²) < 4.78 is 5.69. The Morgan fingerprint density at radius 1 is 1.15 bits per heavy atom. The first kappa shape index (κ1) is 18.9. The Bertz CT molecular complexity index is 964. The lowest BCUT2D eigenvalue weighted by Gasteiger charge is -2.08. The van der Waals surface area contributed by atoms with Crippen molar-refractivity contribution in [2.24, 2.45) is 5.10 Å². The molecule has 3 aromatic rings. The number of benzene rings is 3. The van der Waals surface area contributed by atoms with E-state index in [0.29, 0.717) is 24.5 Å². The van der Waals surface area contributed by atoms with Gasteiger partial charge in [0, 0.05) is 17.0 Å². The van der Waals surface area contributed by atoms with E-state index in [2.05, 4.69) is 10.5 Å². The number of carbonyl (C=O) groups is 1. The number of hydrogen-bond donors (Lipinski definition) is 1. The molecule has 1 amide bonds. The average Bonchev–Trinajstić information content (AvgIpc) is 2.67. The first-order chi connectivity index (χ1) is 13.1. The third-order valence-electron chi connectivity index (χ3n) is 4.16. The zero-order valence-electron chi connectivity index (χ0n) is 15.1. The van der Waals surface area contributed by atoms with E-state index in [-0.39, 0.29) is 5.91 Å². The molecule has 0 fully saturated rings. The lowest BCUT2D eigenvalue weighted by Crippen LogP contribution is -2.18. The molecule has 0 atom stereocenters. The molecule has 5 heteroatoms. The van der Waals surface area contributed by atoms with Crippen LogP contribution < -0.4 is 10.2 Å². The largest absolute Gasteiger partial charge is 0.493 e. The van der Waals surface area contributed by atoms with Crippen LogP contribution >= 0.6 is 11.6 Å². The maximum absolute atomic E-state index is 11.9. The summed E-state index contributed by atoms with van der Waals surface area (Å²) in [5.41, 5.74) is 4.52. The van der Waals surface area contributed by atoms with Gasteiger partial charge in [-0.3, -0.25) is 4.79 Å². The van der Waals surface area contributed by atoms with Gasteiger partial charge in [-0.15, -0.1) is 0 Å². The highest BCUT2D eigenvalue weighted by atomic mass is 35.5. The fraction of sp³-hybridized carbons (Fsp3) is 0.182. The molecule has 0 unspecified atom stereocenters. The molecule has 0 saturated heterocycles. The van der Waals surface area contributed by atoms with Gasteiger partial charge in [-0.05, 0) is 47.9 Å². The van der Waals surface area contributed by atoms with Crippen molar-refractivity contribution in [3.05, 3.63) is 76.8 Å². The zero-order chi connectivity index (χ0) is 19.1. The number of fused-ring (bicyclic) bond motifs is 1. The molecule has 0 aromatic heterocycles. The number of carbonyl (C=O) groups excluding carboxylic acids is 1. The number of ether oxygens (including phenoxy) is 1. The SMILES string of the molecule is Cc1cc(Cl)ccc1OCCCC(=O)N/N=C/c1cccc2ccccc12. The number of nitrogens with zero attached hydrogens (tertiary/aromatic N) is 1. The fourth-order valence-corrected chi connectivity index (χ4v) is 3.01. The van der Waals surface area contributed by atoms with E-state index in [1.807, 2.05) is 61.5 Å². The standard InChI is InChI=1S/C22H21ClN2O2/c1-16-14-19(23)11-12-21(16)27-13-5-10-22(26)25-24-15-18-8-4-7-17-6-2-3-9-20(17)18/h2-4,6-9,11-12,14-15H,5,10,13H2,1H3,(H,25,26)/b24-15+. The Balaban J connectivity index is 1.45. The Hall–Kier alpha value is -2.85. The van der Waals surface area contributed by atoms with Crippen molar-refractivity contribution in [3.8, 4) is 5.75 Å². The Labute approximate surface area is 163 Å². The number of hydrogen-bond acceptors (Lipinski definition) is 3. The molecule has 27 heavy (non-hydrogen) atoms. The van der Waals surface area contributed by atoms with Gasteiger partial charge in [0.2, 0.25) is 5.91 Å². The van der Waals surface area contributed by atoms with E-state index >= 15 is 0 Å². The minimum atomic E-state index is -0.136. The normalized spacial score (nSPS) is 11.0. The second-order valence-corrected chi connectivity index (χ2v) is 6.66. The van der Waals surface area contributed by atoms with Crippen molar-refractivity contribution in [1.82, 2.24) is 5.43 Å². The summed E-state index contributed by atoms with van der Waals surface area (Å²) in [5, 5.41) is 7.00. The number of amides is 1. The predicted molar refractivity (Wildman–Crippen MR) is 111 cm³/mol. The predicted octanol–water partition coefficient (Wildman–Crippen LogP) is 5.11. The summed E-state index contributed by atoms with van der Waals surface area (Å²) in [6, 6.07) is 19.5. The van der Waals surface area contributed by atoms with Crippen LogP contribution in [-0.4, -0.2) is 18.7 Å². The lowest BCUT2D eigenvalue weighted by atomic mass is 10.1. The number of nitrogens with one attached hydrogen (secondary N) is 1.